The molecule has 10 heteroatoms. The molecule has 1 amide bonds. The average molecular weight is 510 g/mol. The molecule has 3 heterocycles. The van der Waals surface area contributed by atoms with Crippen molar-refractivity contribution < 1.29 is 18.3 Å². The van der Waals surface area contributed by atoms with Gasteiger partial charge >= 0.3 is 0 Å². The van der Waals surface area contributed by atoms with Crippen LogP contribution in [-0.2, 0) is 6.54 Å². The maximum Gasteiger partial charge on any atom is 0.261 e. The Labute approximate surface area is 210 Å². The van der Waals surface area contributed by atoms with E-state index < -0.39 is 5.82 Å². The number of halogens is 2. The summed E-state index contributed by atoms with van der Waals surface area (Å²) < 4.78 is 33.6. The number of nitrogens with zero attached hydrogens (tertiary/aromatic N) is 2. The number of carbonyl (C=O) groups excluding carboxylic acids is 1. The van der Waals surface area contributed by atoms with Crippen molar-refractivity contribution in [1.82, 2.24) is 20.6 Å². The number of aryl methyl sites for hydroxylation is 1. The van der Waals surface area contributed by atoms with Gasteiger partial charge in [-0.05, 0) is 61.7 Å². The Morgan fingerprint density at radius 2 is 2.06 bits per heavy atom. The van der Waals surface area contributed by atoms with E-state index in [2.05, 4.69) is 25.9 Å². The van der Waals surface area contributed by atoms with Crippen LogP contribution in [0.2, 0.25) is 0 Å². The second kappa shape index (κ2) is 10.5. The van der Waals surface area contributed by atoms with E-state index in [9.17, 15) is 13.6 Å². The number of carbonyl (C=O) groups is 1. The average Bonchev–Trinajstić information content (AvgIpc) is 3.22. The Morgan fingerprint density at radius 1 is 1.19 bits per heavy atom. The zero-order valence-electron chi connectivity index (χ0n) is 19.6. The molecule has 0 radical (unpaired) electrons. The van der Waals surface area contributed by atoms with Crippen LogP contribution >= 0.6 is 11.3 Å². The number of fused-ring (bicyclic) bond motifs is 1. The molecule has 1 aliphatic rings. The second-order valence-corrected chi connectivity index (χ2v) is 9.62. The van der Waals surface area contributed by atoms with Gasteiger partial charge in [-0.25, -0.2) is 18.7 Å². The van der Waals surface area contributed by atoms with E-state index in [4.69, 9.17) is 4.74 Å². The predicted molar refractivity (Wildman–Crippen MR) is 136 cm³/mol. The Kier molecular flexibility index (Phi) is 7.06. The SMILES string of the molecule is Cc1c(C(=O)NCc2cccc(F)c2)sc2ncnc(Nc3ccc(F)cc3OC3CCCNC3)c12. The summed E-state index contributed by atoms with van der Waals surface area (Å²) in [6.07, 6.45) is 3.25. The number of hydrogen-bond acceptors (Lipinski definition) is 7. The van der Waals surface area contributed by atoms with Gasteiger partial charge in [-0.2, -0.15) is 0 Å². The summed E-state index contributed by atoms with van der Waals surface area (Å²) in [6.45, 7) is 3.68. The number of nitrogens with one attached hydrogen (secondary N) is 3. The van der Waals surface area contributed by atoms with Gasteiger partial charge in [-0.15, -0.1) is 11.3 Å². The van der Waals surface area contributed by atoms with Crippen molar-refractivity contribution in [2.24, 2.45) is 0 Å². The van der Waals surface area contributed by atoms with Crippen molar-refractivity contribution >= 4 is 39.0 Å². The molecule has 0 spiro atoms. The monoisotopic (exact) mass is 509 g/mol. The van der Waals surface area contributed by atoms with Gasteiger partial charge < -0.3 is 20.7 Å². The Hall–Kier alpha value is -3.63. The molecule has 4 aromatic rings. The van der Waals surface area contributed by atoms with E-state index in [0.717, 1.165) is 24.9 Å². The number of anilines is 2. The first-order valence-corrected chi connectivity index (χ1v) is 12.5. The zero-order valence-corrected chi connectivity index (χ0v) is 20.4. The van der Waals surface area contributed by atoms with Crippen LogP contribution in [0, 0.1) is 18.6 Å². The fraction of sp³-hybridized carbons (Fsp3) is 0.269. The third-order valence-electron chi connectivity index (χ3n) is 6.02. The van der Waals surface area contributed by atoms with Crippen molar-refractivity contribution in [2.45, 2.75) is 32.4 Å². The first kappa shape index (κ1) is 24.1. The maximum absolute atomic E-state index is 14.1. The van der Waals surface area contributed by atoms with E-state index in [0.29, 0.717) is 44.5 Å². The van der Waals surface area contributed by atoms with E-state index in [1.54, 1.807) is 18.2 Å². The molecule has 0 bridgehead atoms. The molecule has 1 fully saturated rings. The highest BCUT2D eigenvalue weighted by Crippen LogP contribution is 2.37. The second-order valence-electron chi connectivity index (χ2n) is 8.62. The predicted octanol–water partition coefficient (Wildman–Crippen LogP) is 5.08. The van der Waals surface area contributed by atoms with Gasteiger partial charge in [0, 0.05) is 19.2 Å². The van der Waals surface area contributed by atoms with Crippen LogP contribution in [0.4, 0.5) is 20.3 Å². The summed E-state index contributed by atoms with van der Waals surface area (Å²) in [5.74, 6) is -0.125. The first-order chi connectivity index (χ1) is 17.5. The van der Waals surface area contributed by atoms with E-state index in [1.807, 2.05) is 6.92 Å². The van der Waals surface area contributed by atoms with Crippen LogP contribution in [0.3, 0.4) is 0 Å². The lowest BCUT2D eigenvalue weighted by molar-refractivity contribution is 0.0954. The molecule has 3 N–H and O–H groups in total. The standard InChI is InChI=1S/C26H25F2N5O2S/c1-15-22-24(33-20-8-7-18(28)11-21(20)35-19-6-3-9-29-13-19)31-14-32-26(22)36-23(15)25(34)30-12-16-4-2-5-17(27)10-16/h2,4-5,7-8,10-11,14,19,29H,3,6,9,12-13H2,1H3,(H,30,34)(H,31,32,33). The van der Waals surface area contributed by atoms with E-state index >= 15 is 0 Å². The Bertz CT molecular complexity index is 1400. The molecule has 1 unspecified atom stereocenters. The fourth-order valence-corrected chi connectivity index (χ4v) is 5.28. The van der Waals surface area contributed by atoms with Gasteiger partial charge in [0.05, 0.1) is 16.0 Å². The quantitative estimate of drug-likeness (QED) is 0.322. The molecule has 7 nitrogen and oxygen atoms in total. The van der Waals surface area contributed by atoms with Crippen LogP contribution in [0.25, 0.3) is 10.2 Å². The van der Waals surface area contributed by atoms with Gasteiger partial charge in [0.25, 0.3) is 5.91 Å². The van der Waals surface area contributed by atoms with Crippen LogP contribution in [0.5, 0.6) is 5.75 Å². The number of ether oxygens (including phenoxy) is 1. The van der Waals surface area contributed by atoms with Gasteiger partial charge in [0.1, 0.15) is 40.5 Å². The highest BCUT2D eigenvalue weighted by atomic mass is 32.1. The third-order valence-corrected chi connectivity index (χ3v) is 7.22. The minimum atomic E-state index is -0.392. The number of benzene rings is 2. The molecule has 186 valence electrons. The molecule has 0 aliphatic carbocycles. The molecule has 0 saturated carbocycles. The minimum Gasteiger partial charge on any atom is -0.487 e. The first-order valence-electron chi connectivity index (χ1n) is 11.7. The highest BCUT2D eigenvalue weighted by Gasteiger charge is 2.21. The van der Waals surface area contributed by atoms with Gasteiger partial charge in [0.15, 0.2) is 0 Å². The lowest BCUT2D eigenvalue weighted by Gasteiger charge is -2.25. The minimum absolute atomic E-state index is 0.0530. The van der Waals surface area contributed by atoms with Crippen LogP contribution < -0.4 is 20.7 Å². The molecule has 2 aromatic heterocycles. The normalized spacial score (nSPS) is 15.6. The molecule has 5 rings (SSSR count). The lowest BCUT2D eigenvalue weighted by atomic mass is 10.1. The van der Waals surface area contributed by atoms with E-state index in [-0.39, 0.29) is 24.4 Å². The summed E-state index contributed by atoms with van der Waals surface area (Å²) in [7, 11) is 0. The summed E-state index contributed by atoms with van der Waals surface area (Å²) in [5.41, 5.74) is 1.96. The van der Waals surface area contributed by atoms with Crippen molar-refractivity contribution in [3.05, 3.63) is 76.4 Å². The summed E-state index contributed by atoms with van der Waals surface area (Å²) >= 11 is 1.25. The molecule has 1 atom stereocenters. The van der Waals surface area contributed by atoms with Crippen LogP contribution in [0.1, 0.15) is 33.6 Å². The van der Waals surface area contributed by atoms with Crippen LogP contribution in [0.15, 0.2) is 48.8 Å². The van der Waals surface area contributed by atoms with E-state index in [1.165, 1.54) is 41.9 Å². The summed E-state index contributed by atoms with van der Waals surface area (Å²) in [6, 6.07) is 10.4. The third kappa shape index (κ3) is 5.29. The molecule has 2 aromatic carbocycles. The Morgan fingerprint density at radius 3 is 2.86 bits per heavy atom. The van der Waals surface area contributed by atoms with Gasteiger partial charge in [-0.1, -0.05) is 12.1 Å². The number of piperidine rings is 1. The summed E-state index contributed by atoms with van der Waals surface area (Å²) in [4.78, 5) is 22.8. The van der Waals surface area contributed by atoms with Crippen LogP contribution in [-0.4, -0.2) is 35.1 Å². The Balaban J connectivity index is 1.40. The van der Waals surface area contributed by atoms with Crippen molar-refractivity contribution in [3.8, 4) is 5.75 Å². The topological polar surface area (TPSA) is 88.2 Å². The van der Waals surface area contributed by atoms with Crippen molar-refractivity contribution in [2.75, 3.05) is 18.4 Å². The number of aromatic nitrogens is 2. The van der Waals surface area contributed by atoms with Crippen molar-refractivity contribution in [3.63, 3.8) is 0 Å². The fourth-order valence-electron chi connectivity index (χ4n) is 4.22. The van der Waals surface area contributed by atoms with Crippen molar-refractivity contribution in [1.29, 1.82) is 0 Å². The molecular weight excluding hydrogens is 484 g/mol. The molecular formula is C26H25F2N5O2S. The highest BCUT2D eigenvalue weighted by molar-refractivity contribution is 7.20. The molecule has 36 heavy (non-hydrogen) atoms. The zero-order chi connectivity index (χ0) is 25.1. The maximum atomic E-state index is 14.1. The van der Waals surface area contributed by atoms with Gasteiger partial charge in [-0.3, -0.25) is 4.79 Å². The number of thiophene rings is 1. The number of amides is 1. The molecule has 1 saturated heterocycles. The summed E-state index contributed by atoms with van der Waals surface area (Å²) in [5, 5.41) is 10.1. The van der Waals surface area contributed by atoms with Gasteiger partial charge in [0.2, 0.25) is 0 Å². The largest absolute Gasteiger partial charge is 0.487 e. The molecule has 1 aliphatic heterocycles. The lowest BCUT2D eigenvalue weighted by Crippen LogP contribution is -2.37. The number of hydrogen-bond donors (Lipinski definition) is 3. The smallest absolute Gasteiger partial charge is 0.261 e. The number of rotatable bonds is 7.